The summed E-state index contributed by atoms with van der Waals surface area (Å²) < 4.78 is 1.92. The number of hydrogen-bond acceptors (Lipinski definition) is 3. The Labute approximate surface area is 102 Å². The fourth-order valence-electron chi connectivity index (χ4n) is 3.22. The molecule has 17 heavy (non-hydrogen) atoms. The molecule has 0 radical (unpaired) electrons. The molecule has 2 atom stereocenters. The van der Waals surface area contributed by atoms with Gasteiger partial charge in [0.25, 0.3) is 0 Å². The summed E-state index contributed by atoms with van der Waals surface area (Å²) in [5, 5.41) is 4.29. The number of rotatable bonds is 2. The van der Waals surface area contributed by atoms with Crippen LogP contribution in [0, 0.1) is 6.92 Å². The van der Waals surface area contributed by atoms with Crippen LogP contribution in [0.3, 0.4) is 0 Å². The molecule has 3 rings (SSSR count). The van der Waals surface area contributed by atoms with Gasteiger partial charge in [0.2, 0.25) is 0 Å². The summed E-state index contributed by atoms with van der Waals surface area (Å²) in [6.45, 7) is 3.07. The van der Waals surface area contributed by atoms with Gasteiger partial charge in [-0.3, -0.25) is 14.4 Å². The molecule has 2 fully saturated rings. The van der Waals surface area contributed by atoms with E-state index in [1.54, 1.807) is 0 Å². The number of fused-ring (bicyclic) bond motifs is 2. The molecule has 2 saturated heterocycles. The van der Waals surface area contributed by atoms with Crippen LogP contribution < -0.4 is 0 Å². The standard InChI is InChI=1S/C13H19N3O/c1-9-10(7-14-15(9)2)8-16-11-3-4-12(16)6-13(17)5-11/h7,11-12H,3-6,8H2,1-2H3. The highest BCUT2D eigenvalue weighted by molar-refractivity contribution is 5.80. The van der Waals surface area contributed by atoms with Gasteiger partial charge in [0.15, 0.2) is 0 Å². The minimum absolute atomic E-state index is 0.455. The quantitative estimate of drug-likeness (QED) is 0.775. The summed E-state index contributed by atoms with van der Waals surface area (Å²) in [5.74, 6) is 0.455. The lowest BCUT2D eigenvalue weighted by atomic mass is 10.0. The molecule has 2 aliphatic rings. The molecule has 3 heterocycles. The van der Waals surface area contributed by atoms with Gasteiger partial charge in [-0.05, 0) is 19.8 Å². The van der Waals surface area contributed by atoms with Crippen molar-refractivity contribution in [1.82, 2.24) is 14.7 Å². The van der Waals surface area contributed by atoms with Crippen molar-refractivity contribution in [3.05, 3.63) is 17.5 Å². The topological polar surface area (TPSA) is 38.1 Å². The first-order valence-corrected chi connectivity index (χ1v) is 6.40. The van der Waals surface area contributed by atoms with E-state index >= 15 is 0 Å². The third-order valence-corrected chi connectivity index (χ3v) is 4.39. The number of aromatic nitrogens is 2. The zero-order valence-electron chi connectivity index (χ0n) is 10.5. The Morgan fingerprint density at radius 2 is 2.00 bits per heavy atom. The monoisotopic (exact) mass is 233 g/mol. The fraction of sp³-hybridized carbons (Fsp3) is 0.692. The van der Waals surface area contributed by atoms with Crippen LogP contribution in [0.2, 0.25) is 0 Å². The largest absolute Gasteiger partial charge is 0.300 e. The number of piperidine rings is 1. The molecular formula is C13H19N3O. The Hall–Kier alpha value is -1.16. The van der Waals surface area contributed by atoms with E-state index < -0.39 is 0 Å². The fourth-order valence-corrected chi connectivity index (χ4v) is 3.22. The van der Waals surface area contributed by atoms with E-state index in [1.807, 2.05) is 17.9 Å². The Bertz CT molecular complexity index is 436. The van der Waals surface area contributed by atoms with Gasteiger partial charge < -0.3 is 0 Å². The molecule has 0 amide bonds. The first-order chi connectivity index (χ1) is 8.15. The molecule has 92 valence electrons. The van der Waals surface area contributed by atoms with Crippen LogP contribution in [0.1, 0.15) is 36.9 Å². The van der Waals surface area contributed by atoms with Crippen molar-refractivity contribution in [2.24, 2.45) is 7.05 Å². The summed E-state index contributed by atoms with van der Waals surface area (Å²) in [4.78, 5) is 14.1. The third-order valence-electron chi connectivity index (χ3n) is 4.39. The lowest BCUT2D eigenvalue weighted by molar-refractivity contribution is -0.123. The highest BCUT2D eigenvalue weighted by atomic mass is 16.1. The molecule has 1 aromatic heterocycles. The van der Waals surface area contributed by atoms with Crippen molar-refractivity contribution >= 4 is 5.78 Å². The molecule has 0 aliphatic carbocycles. The van der Waals surface area contributed by atoms with Crippen LogP contribution in [-0.4, -0.2) is 32.5 Å². The first-order valence-electron chi connectivity index (χ1n) is 6.40. The molecule has 0 saturated carbocycles. The van der Waals surface area contributed by atoms with Gasteiger partial charge in [-0.15, -0.1) is 0 Å². The number of aryl methyl sites for hydroxylation is 1. The van der Waals surface area contributed by atoms with E-state index in [9.17, 15) is 4.79 Å². The molecule has 0 spiro atoms. The van der Waals surface area contributed by atoms with Crippen molar-refractivity contribution in [2.75, 3.05) is 0 Å². The van der Waals surface area contributed by atoms with E-state index in [2.05, 4.69) is 16.9 Å². The van der Waals surface area contributed by atoms with Crippen LogP contribution in [0.15, 0.2) is 6.20 Å². The Balaban J connectivity index is 1.78. The Kier molecular flexibility index (Phi) is 2.54. The minimum Gasteiger partial charge on any atom is -0.300 e. The molecule has 0 aromatic carbocycles. The van der Waals surface area contributed by atoms with Crippen molar-refractivity contribution in [2.45, 2.75) is 51.2 Å². The number of ketones is 1. The second-order valence-corrected chi connectivity index (χ2v) is 5.38. The molecular weight excluding hydrogens is 214 g/mol. The van der Waals surface area contributed by atoms with Crippen LogP contribution in [0.25, 0.3) is 0 Å². The molecule has 2 aliphatic heterocycles. The molecule has 0 N–H and O–H groups in total. The predicted molar refractivity (Wildman–Crippen MR) is 64.5 cm³/mol. The highest BCUT2D eigenvalue weighted by Gasteiger charge is 2.40. The minimum atomic E-state index is 0.455. The second kappa shape index (κ2) is 3.95. The number of carbonyl (C=O) groups excluding carboxylic acids is 1. The van der Waals surface area contributed by atoms with Gasteiger partial charge in [-0.2, -0.15) is 5.10 Å². The normalized spacial score (nSPS) is 28.9. The first kappa shape index (κ1) is 11.0. The van der Waals surface area contributed by atoms with Gasteiger partial charge in [0.05, 0.1) is 6.20 Å². The van der Waals surface area contributed by atoms with Crippen molar-refractivity contribution in [3.63, 3.8) is 0 Å². The van der Waals surface area contributed by atoms with Crippen LogP contribution in [0.5, 0.6) is 0 Å². The smallest absolute Gasteiger partial charge is 0.136 e. The Morgan fingerprint density at radius 3 is 2.53 bits per heavy atom. The number of hydrogen-bond donors (Lipinski definition) is 0. The zero-order chi connectivity index (χ0) is 12.0. The predicted octanol–water partition coefficient (Wildman–Crippen LogP) is 1.42. The van der Waals surface area contributed by atoms with E-state index in [0.717, 1.165) is 19.4 Å². The summed E-state index contributed by atoms with van der Waals surface area (Å²) in [6, 6.07) is 0.974. The van der Waals surface area contributed by atoms with Gasteiger partial charge in [-0.1, -0.05) is 0 Å². The van der Waals surface area contributed by atoms with Gasteiger partial charge >= 0.3 is 0 Å². The third kappa shape index (κ3) is 1.80. The lowest BCUT2D eigenvalue weighted by Gasteiger charge is -2.33. The van der Waals surface area contributed by atoms with Crippen LogP contribution in [0.4, 0.5) is 0 Å². The van der Waals surface area contributed by atoms with Gasteiger partial charge in [0, 0.05) is 49.8 Å². The number of nitrogens with zero attached hydrogens (tertiary/aromatic N) is 3. The summed E-state index contributed by atoms with van der Waals surface area (Å²) in [6.07, 6.45) is 5.86. The Morgan fingerprint density at radius 1 is 1.35 bits per heavy atom. The van der Waals surface area contributed by atoms with Gasteiger partial charge in [0.1, 0.15) is 5.78 Å². The maximum Gasteiger partial charge on any atom is 0.136 e. The average molecular weight is 233 g/mol. The zero-order valence-corrected chi connectivity index (χ0v) is 10.5. The SMILES string of the molecule is Cc1c(CN2C3CCC2CC(=O)C3)cnn1C. The number of Topliss-reactive ketones (excluding diaryl/α,β-unsaturated/α-hetero) is 1. The highest BCUT2D eigenvalue weighted by Crippen LogP contribution is 2.35. The van der Waals surface area contributed by atoms with E-state index in [-0.39, 0.29) is 0 Å². The van der Waals surface area contributed by atoms with Crippen LogP contribution in [-0.2, 0) is 18.4 Å². The molecule has 4 heteroatoms. The second-order valence-electron chi connectivity index (χ2n) is 5.38. The number of carbonyl (C=O) groups is 1. The van der Waals surface area contributed by atoms with Gasteiger partial charge in [-0.25, -0.2) is 0 Å². The van der Waals surface area contributed by atoms with E-state index in [0.29, 0.717) is 17.9 Å². The summed E-state index contributed by atoms with van der Waals surface area (Å²) in [7, 11) is 1.98. The van der Waals surface area contributed by atoms with Crippen molar-refractivity contribution in [1.29, 1.82) is 0 Å². The molecule has 4 nitrogen and oxygen atoms in total. The molecule has 2 bridgehead atoms. The lowest BCUT2D eigenvalue weighted by Crippen LogP contribution is -2.42. The molecule has 2 unspecified atom stereocenters. The maximum atomic E-state index is 11.5. The molecule has 1 aromatic rings. The van der Waals surface area contributed by atoms with Crippen molar-refractivity contribution < 1.29 is 4.79 Å². The van der Waals surface area contributed by atoms with E-state index in [1.165, 1.54) is 24.1 Å². The van der Waals surface area contributed by atoms with Crippen molar-refractivity contribution in [3.8, 4) is 0 Å². The maximum absolute atomic E-state index is 11.5. The van der Waals surface area contributed by atoms with E-state index in [4.69, 9.17) is 0 Å². The summed E-state index contributed by atoms with van der Waals surface area (Å²) >= 11 is 0. The summed E-state index contributed by atoms with van der Waals surface area (Å²) in [5.41, 5.74) is 2.54. The van der Waals surface area contributed by atoms with Crippen LogP contribution >= 0.6 is 0 Å². The average Bonchev–Trinajstić information content (AvgIpc) is 2.72.